The Labute approximate surface area is 172 Å². The first-order chi connectivity index (χ1) is 12.0. The fourth-order valence-electron chi connectivity index (χ4n) is 2.33. The van der Waals surface area contributed by atoms with Gasteiger partial charge in [0, 0.05) is 19.2 Å². The van der Waals surface area contributed by atoms with E-state index in [1.54, 1.807) is 7.05 Å². The van der Waals surface area contributed by atoms with Crippen molar-refractivity contribution in [2.75, 3.05) is 13.7 Å². The highest BCUT2D eigenvalue weighted by atomic mass is 127. The van der Waals surface area contributed by atoms with Gasteiger partial charge in [-0.3, -0.25) is 4.99 Å². The maximum atomic E-state index is 5.85. The normalized spacial score (nSPS) is 11.0. The van der Waals surface area contributed by atoms with E-state index in [0.717, 1.165) is 29.2 Å². The molecule has 7 heteroatoms. The van der Waals surface area contributed by atoms with Crippen LogP contribution < -0.4 is 15.4 Å². The Morgan fingerprint density at radius 1 is 1.19 bits per heavy atom. The fourth-order valence-corrected chi connectivity index (χ4v) is 2.33. The lowest BCUT2D eigenvalue weighted by molar-refractivity contribution is 0.313. The maximum Gasteiger partial charge on any atom is 0.214 e. The summed E-state index contributed by atoms with van der Waals surface area (Å²) in [4.78, 5) is 8.60. The van der Waals surface area contributed by atoms with Crippen LogP contribution in [0.25, 0.3) is 0 Å². The smallest absolute Gasteiger partial charge is 0.214 e. The Kier molecular flexibility index (Phi) is 9.47. The largest absolute Gasteiger partial charge is 0.493 e. The summed E-state index contributed by atoms with van der Waals surface area (Å²) < 4.78 is 11.4. The minimum Gasteiger partial charge on any atom is -0.493 e. The van der Waals surface area contributed by atoms with E-state index < -0.39 is 0 Å². The molecule has 0 saturated carbocycles. The van der Waals surface area contributed by atoms with Gasteiger partial charge in [0.15, 0.2) is 5.96 Å². The number of nitrogens with one attached hydrogen (secondary N) is 2. The zero-order valence-electron chi connectivity index (χ0n) is 16.2. The van der Waals surface area contributed by atoms with Crippen LogP contribution in [0.3, 0.4) is 0 Å². The summed E-state index contributed by atoms with van der Waals surface area (Å²) in [7, 11) is 1.74. The number of hydrogen-bond acceptors (Lipinski definition) is 4. The Bertz CT molecular complexity index is 709. The first-order valence-corrected chi connectivity index (χ1v) is 8.63. The van der Waals surface area contributed by atoms with Crippen molar-refractivity contribution in [3.63, 3.8) is 0 Å². The van der Waals surface area contributed by atoms with Gasteiger partial charge in [-0.15, -0.1) is 24.0 Å². The van der Waals surface area contributed by atoms with E-state index in [1.807, 2.05) is 13.8 Å². The van der Waals surface area contributed by atoms with E-state index in [0.29, 0.717) is 31.5 Å². The Morgan fingerprint density at radius 3 is 2.54 bits per heavy atom. The molecule has 0 bridgehead atoms. The molecule has 0 unspecified atom stereocenters. The Hall–Kier alpha value is -1.77. The molecule has 0 saturated heterocycles. The van der Waals surface area contributed by atoms with Crippen molar-refractivity contribution in [1.29, 1.82) is 0 Å². The van der Waals surface area contributed by atoms with Crippen LogP contribution in [0.2, 0.25) is 0 Å². The molecular formula is C19H29IN4O2. The lowest BCUT2D eigenvalue weighted by Crippen LogP contribution is -2.36. The number of hydrogen-bond donors (Lipinski definition) is 2. The first-order valence-electron chi connectivity index (χ1n) is 8.63. The highest BCUT2D eigenvalue weighted by Crippen LogP contribution is 2.20. The Morgan fingerprint density at radius 2 is 1.92 bits per heavy atom. The van der Waals surface area contributed by atoms with Gasteiger partial charge in [0.1, 0.15) is 11.5 Å². The second-order valence-corrected chi connectivity index (χ2v) is 5.99. The summed E-state index contributed by atoms with van der Waals surface area (Å²) in [5, 5.41) is 6.52. The molecular weight excluding hydrogens is 443 g/mol. The van der Waals surface area contributed by atoms with Crippen LogP contribution in [0.1, 0.15) is 41.8 Å². The molecule has 0 aliphatic rings. The zero-order chi connectivity index (χ0) is 18.2. The average Bonchev–Trinajstić information content (AvgIpc) is 2.92. The summed E-state index contributed by atoms with van der Waals surface area (Å²) >= 11 is 0. The maximum absolute atomic E-state index is 5.85. The number of aryl methyl sites for hydroxylation is 3. The molecule has 1 aromatic heterocycles. The third kappa shape index (κ3) is 6.51. The summed E-state index contributed by atoms with van der Waals surface area (Å²) in [6, 6.07) is 6.24. The van der Waals surface area contributed by atoms with Crippen molar-refractivity contribution in [3.8, 4) is 5.75 Å². The monoisotopic (exact) mass is 472 g/mol. The molecule has 0 amide bonds. The summed E-state index contributed by atoms with van der Waals surface area (Å²) in [6.07, 6.45) is 0.985. The molecule has 2 rings (SSSR count). The number of aromatic nitrogens is 1. The molecule has 144 valence electrons. The van der Waals surface area contributed by atoms with Crippen molar-refractivity contribution in [2.24, 2.45) is 4.99 Å². The molecule has 0 aliphatic carbocycles. The molecule has 0 radical (unpaired) electrons. The van der Waals surface area contributed by atoms with Crippen molar-refractivity contribution >= 4 is 29.9 Å². The third-order valence-corrected chi connectivity index (χ3v) is 3.83. The summed E-state index contributed by atoms with van der Waals surface area (Å²) in [6.45, 7) is 9.84. The van der Waals surface area contributed by atoms with E-state index >= 15 is 0 Å². The van der Waals surface area contributed by atoms with Gasteiger partial charge < -0.3 is 19.8 Å². The number of ether oxygens (including phenoxy) is 1. The van der Waals surface area contributed by atoms with Crippen molar-refractivity contribution < 1.29 is 9.15 Å². The van der Waals surface area contributed by atoms with Gasteiger partial charge in [-0.05, 0) is 38.8 Å². The molecule has 6 nitrogen and oxygen atoms in total. The standard InChI is InChI=1S/C19H28N4O2.HI/c1-6-9-24-17-10-13(2)7-8-16(17)11-21-19(20-5)22-12-18-23-14(3)15(4)25-18;/h7-8,10H,6,9,11-12H2,1-5H3,(H2,20,21,22);1H. The minimum absolute atomic E-state index is 0. The molecule has 0 fully saturated rings. The van der Waals surface area contributed by atoms with Gasteiger partial charge in [-0.2, -0.15) is 0 Å². The van der Waals surface area contributed by atoms with Crippen LogP contribution in [-0.2, 0) is 13.1 Å². The van der Waals surface area contributed by atoms with Crippen LogP contribution in [0, 0.1) is 20.8 Å². The minimum atomic E-state index is 0. The first kappa shape index (κ1) is 22.3. The summed E-state index contributed by atoms with van der Waals surface area (Å²) in [5.74, 6) is 3.11. The van der Waals surface area contributed by atoms with Crippen LogP contribution in [-0.4, -0.2) is 24.6 Å². The molecule has 26 heavy (non-hydrogen) atoms. The number of benzene rings is 1. The van der Waals surface area contributed by atoms with Gasteiger partial charge in [-0.1, -0.05) is 19.1 Å². The molecule has 2 aromatic rings. The van der Waals surface area contributed by atoms with Crippen molar-refractivity contribution in [3.05, 3.63) is 46.7 Å². The van der Waals surface area contributed by atoms with Gasteiger partial charge >= 0.3 is 0 Å². The van der Waals surface area contributed by atoms with Crippen LogP contribution in [0.4, 0.5) is 0 Å². The predicted octanol–water partition coefficient (Wildman–Crippen LogP) is 3.87. The van der Waals surface area contributed by atoms with Crippen LogP contribution >= 0.6 is 24.0 Å². The third-order valence-electron chi connectivity index (χ3n) is 3.83. The lowest BCUT2D eigenvalue weighted by atomic mass is 10.1. The molecule has 1 heterocycles. The quantitative estimate of drug-likeness (QED) is 0.364. The van der Waals surface area contributed by atoms with Gasteiger partial charge in [-0.25, -0.2) is 4.98 Å². The molecule has 1 aromatic carbocycles. The average molecular weight is 472 g/mol. The van der Waals surface area contributed by atoms with Gasteiger partial charge in [0.2, 0.25) is 5.89 Å². The molecule has 0 spiro atoms. The van der Waals surface area contributed by atoms with Gasteiger partial charge in [0.25, 0.3) is 0 Å². The molecule has 0 atom stereocenters. The topological polar surface area (TPSA) is 71.7 Å². The number of nitrogens with zero attached hydrogens (tertiary/aromatic N) is 2. The number of rotatable bonds is 7. The highest BCUT2D eigenvalue weighted by Gasteiger charge is 2.08. The van der Waals surface area contributed by atoms with E-state index in [1.165, 1.54) is 5.56 Å². The zero-order valence-corrected chi connectivity index (χ0v) is 18.5. The summed E-state index contributed by atoms with van der Waals surface area (Å²) in [5.41, 5.74) is 3.20. The van der Waals surface area contributed by atoms with Gasteiger partial charge in [0.05, 0.1) is 18.8 Å². The fraction of sp³-hybridized carbons (Fsp3) is 0.474. The van der Waals surface area contributed by atoms with Crippen LogP contribution in [0.5, 0.6) is 5.75 Å². The SMILES string of the molecule is CCCOc1cc(C)ccc1CNC(=NC)NCc1nc(C)c(C)o1.I. The highest BCUT2D eigenvalue weighted by molar-refractivity contribution is 14.0. The van der Waals surface area contributed by atoms with Crippen molar-refractivity contribution in [1.82, 2.24) is 15.6 Å². The van der Waals surface area contributed by atoms with Crippen LogP contribution in [0.15, 0.2) is 27.6 Å². The second kappa shape index (κ2) is 11.1. The Balaban J connectivity index is 0.00000338. The number of halogens is 1. The number of oxazole rings is 1. The lowest BCUT2D eigenvalue weighted by Gasteiger charge is -2.14. The molecule has 0 aliphatic heterocycles. The van der Waals surface area contributed by atoms with E-state index in [2.05, 4.69) is 52.7 Å². The number of aliphatic imine (C=N–C) groups is 1. The molecule has 2 N–H and O–H groups in total. The van der Waals surface area contributed by atoms with E-state index in [4.69, 9.17) is 9.15 Å². The number of guanidine groups is 1. The predicted molar refractivity (Wildman–Crippen MR) is 115 cm³/mol. The van der Waals surface area contributed by atoms with E-state index in [-0.39, 0.29) is 24.0 Å². The second-order valence-electron chi connectivity index (χ2n) is 5.99. The van der Waals surface area contributed by atoms with Crippen molar-refractivity contribution in [2.45, 2.75) is 47.2 Å². The van der Waals surface area contributed by atoms with E-state index in [9.17, 15) is 0 Å².